The number of unbranched alkanes of at least 4 members (excludes halogenated alkanes) is 1. The molecule has 1 atom stereocenters. The van der Waals surface area contributed by atoms with E-state index in [0.717, 1.165) is 19.0 Å². The second-order valence-corrected chi connectivity index (χ2v) is 4.98. The van der Waals surface area contributed by atoms with Crippen LogP contribution in [0.1, 0.15) is 45.4 Å². The zero-order chi connectivity index (χ0) is 12.5. The number of nitrogens with two attached hydrogens (primary N) is 1. The van der Waals surface area contributed by atoms with Gasteiger partial charge in [-0.25, -0.2) is 0 Å². The fourth-order valence-electron chi connectivity index (χ4n) is 2.38. The van der Waals surface area contributed by atoms with Crippen LogP contribution >= 0.6 is 0 Å². The smallest absolute Gasteiger partial charge is 0.221 e. The summed E-state index contributed by atoms with van der Waals surface area (Å²) in [4.78, 5) is 13.7. The van der Waals surface area contributed by atoms with Crippen molar-refractivity contribution in [3.63, 3.8) is 0 Å². The van der Waals surface area contributed by atoms with Crippen molar-refractivity contribution < 1.29 is 4.79 Å². The Labute approximate surface area is 105 Å². The summed E-state index contributed by atoms with van der Waals surface area (Å²) >= 11 is 0. The molecule has 1 amide bonds. The fourth-order valence-corrected chi connectivity index (χ4v) is 2.38. The SMILES string of the molecule is CC1CCCCN1CCCCNC(=O)CCN. The summed E-state index contributed by atoms with van der Waals surface area (Å²) in [5, 5.41) is 2.90. The van der Waals surface area contributed by atoms with Gasteiger partial charge in [0.2, 0.25) is 5.91 Å². The Kier molecular flexibility index (Phi) is 7.21. The number of amides is 1. The first-order valence-corrected chi connectivity index (χ1v) is 6.95. The van der Waals surface area contributed by atoms with E-state index in [-0.39, 0.29) is 5.91 Å². The summed E-state index contributed by atoms with van der Waals surface area (Å²) in [6.45, 7) is 5.98. The Morgan fingerprint density at radius 2 is 2.24 bits per heavy atom. The second-order valence-electron chi connectivity index (χ2n) is 4.98. The predicted molar refractivity (Wildman–Crippen MR) is 70.8 cm³/mol. The Hall–Kier alpha value is -0.610. The van der Waals surface area contributed by atoms with Crippen molar-refractivity contribution in [1.82, 2.24) is 10.2 Å². The van der Waals surface area contributed by atoms with Crippen molar-refractivity contribution in [1.29, 1.82) is 0 Å². The van der Waals surface area contributed by atoms with Crippen LogP contribution < -0.4 is 11.1 Å². The van der Waals surface area contributed by atoms with Gasteiger partial charge in [-0.1, -0.05) is 6.42 Å². The van der Waals surface area contributed by atoms with Gasteiger partial charge in [-0.15, -0.1) is 0 Å². The van der Waals surface area contributed by atoms with Crippen molar-refractivity contribution >= 4 is 5.91 Å². The lowest BCUT2D eigenvalue weighted by Gasteiger charge is -2.33. The minimum atomic E-state index is 0.0823. The zero-order valence-corrected chi connectivity index (χ0v) is 11.1. The summed E-state index contributed by atoms with van der Waals surface area (Å²) in [5.41, 5.74) is 5.31. The molecule has 4 nitrogen and oxygen atoms in total. The highest BCUT2D eigenvalue weighted by Crippen LogP contribution is 2.16. The van der Waals surface area contributed by atoms with E-state index < -0.39 is 0 Å². The maximum absolute atomic E-state index is 11.2. The number of hydrogen-bond acceptors (Lipinski definition) is 3. The van der Waals surface area contributed by atoms with E-state index in [4.69, 9.17) is 5.73 Å². The predicted octanol–water partition coefficient (Wildman–Crippen LogP) is 1.11. The second kappa shape index (κ2) is 8.48. The summed E-state index contributed by atoms with van der Waals surface area (Å²) in [6, 6.07) is 0.746. The largest absolute Gasteiger partial charge is 0.356 e. The molecule has 0 spiro atoms. The number of rotatable bonds is 7. The lowest BCUT2D eigenvalue weighted by Crippen LogP contribution is -2.38. The quantitative estimate of drug-likeness (QED) is 0.656. The average molecular weight is 241 g/mol. The van der Waals surface area contributed by atoms with E-state index in [1.54, 1.807) is 0 Å². The van der Waals surface area contributed by atoms with Gasteiger partial charge in [0.15, 0.2) is 0 Å². The van der Waals surface area contributed by atoms with E-state index in [1.165, 1.54) is 38.8 Å². The average Bonchev–Trinajstić information content (AvgIpc) is 2.31. The molecule has 1 rings (SSSR count). The third kappa shape index (κ3) is 6.03. The summed E-state index contributed by atoms with van der Waals surface area (Å²) in [5.74, 6) is 0.0823. The molecule has 1 aliphatic rings. The van der Waals surface area contributed by atoms with Crippen LogP contribution in [-0.4, -0.2) is 43.0 Å². The molecule has 1 heterocycles. The molecule has 0 aromatic heterocycles. The Bertz CT molecular complexity index is 221. The van der Waals surface area contributed by atoms with E-state index in [9.17, 15) is 4.79 Å². The number of carbonyl (C=O) groups excluding carboxylic acids is 1. The molecule has 1 aliphatic heterocycles. The van der Waals surface area contributed by atoms with Crippen molar-refractivity contribution in [3.05, 3.63) is 0 Å². The number of hydrogen-bond donors (Lipinski definition) is 2. The van der Waals surface area contributed by atoms with Crippen molar-refractivity contribution in [3.8, 4) is 0 Å². The van der Waals surface area contributed by atoms with Gasteiger partial charge < -0.3 is 16.0 Å². The van der Waals surface area contributed by atoms with Crippen LogP contribution in [-0.2, 0) is 4.79 Å². The topological polar surface area (TPSA) is 58.4 Å². The van der Waals surface area contributed by atoms with Crippen LogP contribution in [0.25, 0.3) is 0 Å². The monoisotopic (exact) mass is 241 g/mol. The van der Waals surface area contributed by atoms with Gasteiger partial charge in [-0.2, -0.15) is 0 Å². The van der Waals surface area contributed by atoms with Crippen LogP contribution in [0.3, 0.4) is 0 Å². The fraction of sp³-hybridized carbons (Fsp3) is 0.923. The van der Waals surface area contributed by atoms with Gasteiger partial charge in [0, 0.05) is 25.6 Å². The van der Waals surface area contributed by atoms with Crippen LogP contribution in [0.15, 0.2) is 0 Å². The van der Waals surface area contributed by atoms with Crippen molar-refractivity contribution in [2.45, 2.75) is 51.5 Å². The molecule has 0 aliphatic carbocycles. The molecule has 1 fully saturated rings. The third-order valence-corrected chi connectivity index (χ3v) is 3.51. The molecule has 4 heteroatoms. The van der Waals surface area contributed by atoms with Crippen LogP contribution in [0.4, 0.5) is 0 Å². The van der Waals surface area contributed by atoms with Crippen molar-refractivity contribution in [2.24, 2.45) is 5.73 Å². The Morgan fingerprint density at radius 3 is 2.94 bits per heavy atom. The van der Waals surface area contributed by atoms with Crippen LogP contribution in [0.2, 0.25) is 0 Å². The molecule has 0 aromatic rings. The van der Waals surface area contributed by atoms with Gasteiger partial charge in [0.25, 0.3) is 0 Å². The molecule has 1 saturated heterocycles. The van der Waals surface area contributed by atoms with Crippen LogP contribution in [0, 0.1) is 0 Å². The van der Waals surface area contributed by atoms with Gasteiger partial charge >= 0.3 is 0 Å². The summed E-state index contributed by atoms with van der Waals surface area (Å²) < 4.78 is 0. The number of piperidine rings is 1. The molecule has 1 unspecified atom stereocenters. The lowest BCUT2D eigenvalue weighted by molar-refractivity contribution is -0.120. The highest BCUT2D eigenvalue weighted by atomic mass is 16.1. The minimum Gasteiger partial charge on any atom is -0.356 e. The lowest BCUT2D eigenvalue weighted by atomic mass is 10.0. The van der Waals surface area contributed by atoms with E-state index >= 15 is 0 Å². The third-order valence-electron chi connectivity index (χ3n) is 3.51. The van der Waals surface area contributed by atoms with E-state index in [2.05, 4.69) is 17.1 Å². The maximum atomic E-state index is 11.2. The summed E-state index contributed by atoms with van der Waals surface area (Å²) in [6.07, 6.45) is 6.76. The zero-order valence-electron chi connectivity index (χ0n) is 11.1. The van der Waals surface area contributed by atoms with Gasteiger partial charge in [0.1, 0.15) is 0 Å². The molecular weight excluding hydrogens is 214 g/mol. The number of carbonyl (C=O) groups is 1. The van der Waals surface area contributed by atoms with Gasteiger partial charge in [-0.05, 0) is 45.7 Å². The molecule has 0 radical (unpaired) electrons. The standard InChI is InChI=1S/C13H27N3O/c1-12-6-2-4-10-16(12)11-5-3-9-15-13(17)7-8-14/h12H,2-11,14H2,1H3,(H,15,17). The Balaban J connectivity index is 1.98. The molecule has 3 N–H and O–H groups in total. The molecule has 0 saturated carbocycles. The molecular formula is C13H27N3O. The molecule has 0 aromatic carbocycles. The molecule has 0 bridgehead atoms. The summed E-state index contributed by atoms with van der Waals surface area (Å²) in [7, 11) is 0. The number of nitrogens with zero attached hydrogens (tertiary/aromatic N) is 1. The van der Waals surface area contributed by atoms with Crippen LogP contribution in [0.5, 0.6) is 0 Å². The first-order valence-electron chi connectivity index (χ1n) is 6.95. The molecule has 17 heavy (non-hydrogen) atoms. The number of likely N-dealkylation sites (tertiary alicyclic amines) is 1. The van der Waals surface area contributed by atoms with Gasteiger partial charge in [0.05, 0.1) is 0 Å². The first-order chi connectivity index (χ1) is 8.24. The van der Waals surface area contributed by atoms with E-state index in [0.29, 0.717) is 13.0 Å². The van der Waals surface area contributed by atoms with Crippen molar-refractivity contribution in [2.75, 3.05) is 26.2 Å². The number of nitrogens with one attached hydrogen (secondary N) is 1. The minimum absolute atomic E-state index is 0.0823. The van der Waals surface area contributed by atoms with Gasteiger partial charge in [-0.3, -0.25) is 4.79 Å². The highest BCUT2D eigenvalue weighted by Gasteiger charge is 2.16. The normalized spacial score (nSPS) is 21.4. The first kappa shape index (κ1) is 14.5. The highest BCUT2D eigenvalue weighted by molar-refractivity contribution is 5.75. The Morgan fingerprint density at radius 1 is 1.41 bits per heavy atom. The molecule has 100 valence electrons. The van der Waals surface area contributed by atoms with E-state index in [1.807, 2.05) is 0 Å². The maximum Gasteiger partial charge on any atom is 0.221 e.